The Morgan fingerprint density at radius 1 is 1.08 bits per heavy atom. The molecule has 1 rings (SSSR count). The molecule has 0 saturated carbocycles. The zero-order valence-corrected chi connectivity index (χ0v) is 16.5. The molecule has 24 heavy (non-hydrogen) atoms. The van der Waals surface area contributed by atoms with E-state index in [0.29, 0.717) is 26.2 Å². The highest BCUT2D eigenvalue weighted by molar-refractivity contribution is 7.89. The van der Waals surface area contributed by atoms with Crippen LogP contribution in [0.5, 0.6) is 0 Å². The van der Waals surface area contributed by atoms with E-state index in [1.807, 2.05) is 6.92 Å². The van der Waals surface area contributed by atoms with Crippen LogP contribution in [0.3, 0.4) is 0 Å². The first-order valence-corrected chi connectivity index (χ1v) is 10.2. The first kappa shape index (κ1) is 20.9. The molecule has 136 valence electrons. The largest absolute Gasteiger partial charge is 0.339 e. The first-order chi connectivity index (χ1) is 11.3. The quantitative estimate of drug-likeness (QED) is 0.663. The molecule has 1 aromatic carbocycles. The SMILES string of the molecule is CCCCN(CC)C(=O)c1cc(S(=O)(=O)N(CC)CC)ccc1Cl. The van der Waals surface area contributed by atoms with Crippen LogP contribution in [0.1, 0.15) is 50.9 Å². The van der Waals surface area contributed by atoms with Gasteiger partial charge in [0.2, 0.25) is 10.0 Å². The summed E-state index contributed by atoms with van der Waals surface area (Å²) in [5.41, 5.74) is 0.239. The van der Waals surface area contributed by atoms with Gasteiger partial charge in [-0.25, -0.2) is 8.42 Å². The standard InChI is InChI=1S/C17H27ClN2O3S/c1-5-9-12-19(6-2)17(21)15-13-14(10-11-16(15)18)24(22,23)20(7-3)8-4/h10-11,13H,5-9,12H2,1-4H3. The Morgan fingerprint density at radius 2 is 1.71 bits per heavy atom. The summed E-state index contributed by atoms with van der Waals surface area (Å²) in [5.74, 6) is -0.229. The molecule has 0 fully saturated rings. The maximum Gasteiger partial charge on any atom is 0.255 e. The summed E-state index contributed by atoms with van der Waals surface area (Å²) in [6.07, 6.45) is 1.88. The van der Waals surface area contributed by atoms with Crippen LogP contribution in [0.4, 0.5) is 0 Å². The molecule has 0 saturated heterocycles. The van der Waals surface area contributed by atoms with E-state index in [1.165, 1.54) is 22.5 Å². The summed E-state index contributed by atoms with van der Waals surface area (Å²) in [6, 6.07) is 4.33. The van der Waals surface area contributed by atoms with Crippen LogP contribution in [0, 0.1) is 0 Å². The molecule has 1 amide bonds. The van der Waals surface area contributed by atoms with E-state index in [4.69, 9.17) is 11.6 Å². The van der Waals surface area contributed by atoms with Crippen molar-refractivity contribution in [1.82, 2.24) is 9.21 Å². The smallest absolute Gasteiger partial charge is 0.255 e. The molecule has 0 radical (unpaired) electrons. The summed E-state index contributed by atoms with van der Waals surface area (Å²) in [4.78, 5) is 14.5. The van der Waals surface area contributed by atoms with E-state index < -0.39 is 10.0 Å². The van der Waals surface area contributed by atoms with E-state index >= 15 is 0 Å². The van der Waals surface area contributed by atoms with Gasteiger partial charge in [-0.05, 0) is 31.5 Å². The topological polar surface area (TPSA) is 57.7 Å². The average Bonchev–Trinajstić information content (AvgIpc) is 2.56. The van der Waals surface area contributed by atoms with Gasteiger partial charge in [0.1, 0.15) is 0 Å². The zero-order valence-electron chi connectivity index (χ0n) is 14.9. The Kier molecular flexibility index (Phi) is 8.19. The Morgan fingerprint density at radius 3 is 2.21 bits per heavy atom. The van der Waals surface area contributed by atoms with Crippen LogP contribution in [0.25, 0.3) is 0 Å². The van der Waals surface area contributed by atoms with Crippen molar-refractivity contribution < 1.29 is 13.2 Å². The fraction of sp³-hybridized carbons (Fsp3) is 0.588. The molecule has 0 aliphatic rings. The fourth-order valence-electron chi connectivity index (χ4n) is 2.46. The van der Waals surface area contributed by atoms with Gasteiger partial charge in [0.05, 0.1) is 15.5 Å². The van der Waals surface area contributed by atoms with Crippen LogP contribution in [0.15, 0.2) is 23.1 Å². The normalized spacial score (nSPS) is 11.8. The van der Waals surface area contributed by atoms with E-state index in [9.17, 15) is 13.2 Å². The maximum absolute atomic E-state index is 12.7. The minimum absolute atomic E-state index is 0.102. The lowest BCUT2D eigenvalue weighted by Crippen LogP contribution is -2.33. The predicted molar refractivity (Wildman–Crippen MR) is 98.0 cm³/mol. The summed E-state index contributed by atoms with van der Waals surface area (Å²) < 4.78 is 26.7. The number of nitrogens with zero attached hydrogens (tertiary/aromatic N) is 2. The predicted octanol–water partition coefficient (Wildman–Crippen LogP) is 3.63. The highest BCUT2D eigenvalue weighted by Gasteiger charge is 2.25. The molecular weight excluding hydrogens is 348 g/mol. The Labute approximate surface area is 150 Å². The number of hydrogen-bond acceptors (Lipinski definition) is 3. The molecular formula is C17H27ClN2O3S. The van der Waals surface area contributed by atoms with E-state index in [2.05, 4.69) is 6.92 Å². The van der Waals surface area contributed by atoms with Gasteiger partial charge in [-0.2, -0.15) is 4.31 Å². The summed E-state index contributed by atoms with van der Waals surface area (Å²) >= 11 is 6.17. The maximum atomic E-state index is 12.7. The highest BCUT2D eigenvalue weighted by Crippen LogP contribution is 2.24. The molecule has 0 aromatic heterocycles. The molecule has 7 heteroatoms. The van der Waals surface area contributed by atoms with Gasteiger partial charge in [0.15, 0.2) is 0 Å². The van der Waals surface area contributed by atoms with Crippen LogP contribution in [0.2, 0.25) is 5.02 Å². The molecule has 0 atom stereocenters. The third-order valence-electron chi connectivity index (χ3n) is 3.96. The van der Waals surface area contributed by atoms with Gasteiger partial charge < -0.3 is 4.90 Å². The van der Waals surface area contributed by atoms with Gasteiger partial charge in [-0.15, -0.1) is 0 Å². The second kappa shape index (κ2) is 9.39. The van der Waals surface area contributed by atoms with Crippen molar-refractivity contribution >= 4 is 27.5 Å². The molecule has 0 bridgehead atoms. The van der Waals surface area contributed by atoms with Crippen LogP contribution < -0.4 is 0 Å². The average molecular weight is 375 g/mol. The van der Waals surface area contributed by atoms with Crippen molar-refractivity contribution in [3.8, 4) is 0 Å². The monoisotopic (exact) mass is 374 g/mol. The fourth-order valence-corrected chi connectivity index (χ4v) is 4.15. The number of rotatable bonds is 9. The minimum atomic E-state index is -3.62. The minimum Gasteiger partial charge on any atom is -0.339 e. The molecule has 1 aromatic rings. The number of carbonyl (C=O) groups excluding carboxylic acids is 1. The van der Waals surface area contributed by atoms with Crippen molar-refractivity contribution in [2.45, 2.75) is 45.4 Å². The lowest BCUT2D eigenvalue weighted by molar-refractivity contribution is 0.0762. The van der Waals surface area contributed by atoms with Crippen molar-refractivity contribution in [1.29, 1.82) is 0 Å². The Hall–Kier alpha value is -1.11. The van der Waals surface area contributed by atoms with Crippen molar-refractivity contribution in [2.75, 3.05) is 26.2 Å². The van der Waals surface area contributed by atoms with Crippen molar-refractivity contribution in [2.24, 2.45) is 0 Å². The molecule has 0 aliphatic carbocycles. The van der Waals surface area contributed by atoms with E-state index in [0.717, 1.165) is 12.8 Å². The molecule has 0 unspecified atom stereocenters. The van der Waals surface area contributed by atoms with E-state index in [1.54, 1.807) is 18.7 Å². The molecule has 0 N–H and O–H groups in total. The highest BCUT2D eigenvalue weighted by atomic mass is 35.5. The van der Waals surface area contributed by atoms with Gasteiger partial charge in [0.25, 0.3) is 5.91 Å². The van der Waals surface area contributed by atoms with Gasteiger partial charge in [-0.3, -0.25) is 4.79 Å². The Balaban J connectivity index is 3.25. The number of hydrogen-bond donors (Lipinski definition) is 0. The Bertz CT molecular complexity index is 658. The summed E-state index contributed by atoms with van der Waals surface area (Å²) in [5, 5.41) is 0.272. The van der Waals surface area contributed by atoms with Crippen LogP contribution in [-0.2, 0) is 10.0 Å². The second-order valence-corrected chi connectivity index (χ2v) is 7.81. The number of carbonyl (C=O) groups is 1. The summed E-state index contributed by atoms with van der Waals surface area (Å²) in [7, 11) is -3.62. The molecule has 0 heterocycles. The van der Waals surface area contributed by atoms with Crippen molar-refractivity contribution in [3.05, 3.63) is 28.8 Å². The number of unbranched alkanes of at least 4 members (excludes halogenated alkanes) is 1. The lowest BCUT2D eigenvalue weighted by atomic mass is 10.2. The molecule has 0 aliphatic heterocycles. The second-order valence-electron chi connectivity index (χ2n) is 5.47. The van der Waals surface area contributed by atoms with Crippen molar-refractivity contribution in [3.63, 3.8) is 0 Å². The third kappa shape index (κ3) is 4.71. The summed E-state index contributed by atoms with van der Waals surface area (Å²) in [6.45, 7) is 9.47. The number of benzene rings is 1. The molecule has 0 spiro atoms. The zero-order chi connectivity index (χ0) is 18.3. The van der Waals surface area contributed by atoms with E-state index in [-0.39, 0.29) is 21.4 Å². The van der Waals surface area contributed by atoms with Gasteiger partial charge >= 0.3 is 0 Å². The van der Waals surface area contributed by atoms with Gasteiger partial charge in [-0.1, -0.05) is 38.8 Å². The third-order valence-corrected chi connectivity index (χ3v) is 6.34. The number of halogens is 1. The lowest BCUT2D eigenvalue weighted by Gasteiger charge is -2.22. The van der Waals surface area contributed by atoms with Gasteiger partial charge in [0, 0.05) is 26.2 Å². The van der Waals surface area contributed by atoms with Crippen LogP contribution in [-0.4, -0.2) is 49.7 Å². The van der Waals surface area contributed by atoms with Crippen LogP contribution >= 0.6 is 11.6 Å². The number of amides is 1. The first-order valence-electron chi connectivity index (χ1n) is 8.42. The number of sulfonamides is 1. The molecule has 5 nitrogen and oxygen atoms in total.